The fraction of sp³-hybridized carbons (Fsp3) is 0.267. The fourth-order valence-electron chi connectivity index (χ4n) is 1.94. The monoisotopic (exact) mass is 378 g/mol. The number of nitrogens with zero attached hydrogens (tertiary/aromatic N) is 4. The third-order valence-corrected chi connectivity index (χ3v) is 4.23. The minimum atomic E-state index is -0.670. The lowest BCUT2D eigenvalue weighted by molar-refractivity contribution is -0.119. The van der Waals surface area contributed by atoms with E-state index in [1.165, 1.54) is 30.8 Å². The molecule has 11 heteroatoms. The number of halogens is 1. The number of amidine groups is 1. The number of hydroxylamine groups is 1. The molecule has 1 heterocycles. The van der Waals surface area contributed by atoms with Crippen LogP contribution in [0.25, 0.3) is 0 Å². The van der Waals surface area contributed by atoms with Crippen molar-refractivity contribution in [2.45, 2.75) is 24.9 Å². The molecule has 0 unspecified atom stereocenters. The number of amides is 1. The first-order valence-electron chi connectivity index (χ1n) is 7.36. The number of hydrogen-bond acceptors (Lipinski definition) is 8. The molecule has 0 aliphatic carbocycles. The van der Waals surface area contributed by atoms with Crippen LogP contribution < -0.4 is 10.8 Å². The molecule has 136 valence electrons. The van der Waals surface area contributed by atoms with E-state index in [4.69, 9.17) is 9.89 Å². The van der Waals surface area contributed by atoms with Gasteiger partial charge in [-0.2, -0.15) is 5.26 Å². The first-order valence-corrected chi connectivity index (χ1v) is 8.34. The average molecular weight is 378 g/mol. The summed E-state index contributed by atoms with van der Waals surface area (Å²) in [5, 5.41) is 28.7. The zero-order chi connectivity index (χ0) is 19.1. The Morgan fingerprint density at radius 2 is 2.31 bits per heavy atom. The van der Waals surface area contributed by atoms with Gasteiger partial charge in [0.25, 0.3) is 0 Å². The lowest BCUT2D eigenvalue weighted by Crippen LogP contribution is -2.32. The maximum absolute atomic E-state index is 13.4. The van der Waals surface area contributed by atoms with Crippen molar-refractivity contribution in [1.82, 2.24) is 21.1 Å². The van der Waals surface area contributed by atoms with Crippen molar-refractivity contribution in [3.05, 3.63) is 35.3 Å². The Labute approximate surface area is 152 Å². The van der Waals surface area contributed by atoms with Gasteiger partial charge in [-0.1, -0.05) is 11.8 Å². The van der Waals surface area contributed by atoms with Gasteiger partial charge in [0, 0.05) is 18.7 Å². The Kier molecular flexibility index (Phi) is 6.65. The second kappa shape index (κ2) is 8.93. The molecule has 1 aromatic carbocycles. The van der Waals surface area contributed by atoms with Crippen LogP contribution in [0.3, 0.4) is 0 Å². The summed E-state index contributed by atoms with van der Waals surface area (Å²) in [6.07, 6.45) is 0. The molecule has 0 aliphatic heterocycles. The Bertz CT molecular complexity index is 863. The smallest absolute Gasteiger partial charge is 0.217 e. The molecule has 26 heavy (non-hydrogen) atoms. The van der Waals surface area contributed by atoms with E-state index < -0.39 is 5.82 Å². The Hall–Kier alpha value is -2.97. The number of thioether (sulfide) groups is 1. The van der Waals surface area contributed by atoms with E-state index in [0.29, 0.717) is 10.8 Å². The van der Waals surface area contributed by atoms with Crippen LogP contribution in [-0.4, -0.2) is 39.1 Å². The number of aromatic nitrogens is 2. The van der Waals surface area contributed by atoms with Crippen LogP contribution in [0.1, 0.15) is 25.1 Å². The minimum Gasteiger partial charge on any atom is -0.353 e. The summed E-state index contributed by atoms with van der Waals surface area (Å²) >= 11 is 1.24. The van der Waals surface area contributed by atoms with E-state index in [2.05, 4.69) is 20.6 Å². The standard InChI is InChI=1S/C15H15FN6O3S/c1-8(18-9(2)23)7-26-15-13(21-25-22-15)14(20-24)19-11-3-4-12(16)10(5-11)6-17/h3-5,8,24H,7H2,1-2H3,(H,18,23)(H,19,20)/t8-/m0/s1. The van der Waals surface area contributed by atoms with E-state index >= 15 is 0 Å². The molecule has 0 saturated heterocycles. The summed E-state index contributed by atoms with van der Waals surface area (Å²) in [7, 11) is 0. The van der Waals surface area contributed by atoms with Gasteiger partial charge in [0.05, 0.1) is 11.3 Å². The third kappa shape index (κ3) is 5.01. The van der Waals surface area contributed by atoms with Crippen LogP contribution in [0.2, 0.25) is 0 Å². The third-order valence-electron chi connectivity index (χ3n) is 3.02. The van der Waals surface area contributed by atoms with Gasteiger partial charge < -0.3 is 5.32 Å². The highest BCUT2D eigenvalue weighted by molar-refractivity contribution is 7.99. The van der Waals surface area contributed by atoms with Crippen LogP contribution in [-0.2, 0) is 4.79 Å². The largest absolute Gasteiger partial charge is 0.353 e. The van der Waals surface area contributed by atoms with Crippen molar-refractivity contribution in [2.75, 3.05) is 5.75 Å². The van der Waals surface area contributed by atoms with E-state index in [9.17, 15) is 14.4 Å². The molecular formula is C15H15FN6O3S. The van der Waals surface area contributed by atoms with Gasteiger partial charge in [-0.15, -0.1) is 0 Å². The molecule has 1 atom stereocenters. The van der Waals surface area contributed by atoms with E-state index in [1.807, 2.05) is 12.4 Å². The molecule has 2 rings (SSSR count). The molecule has 0 spiro atoms. The highest BCUT2D eigenvalue weighted by atomic mass is 32.2. The second-order valence-electron chi connectivity index (χ2n) is 5.18. The lowest BCUT2D eigenvalue weighted by Gasteiger charge is -2.10. The fourth-order valence-corrected chi connectivity index (χ4v) is 2.79. The number of carbonyl (C=O) groups is 1. The van der Waals surface area contributed by atoms with Gasteiger partial charge in [0.15, 0.2) is 16.6 Å². The van der Waals surface area contributed by atoms with E-state index in [-0.39, 0.29) is 34.7 Å². The van der Waals surface area contributed by atoms with Crippen LogP contribution >= 0.6 is 11.8 Å². The summed E-state index contributed by atoms with van der Waals surface area (Å²) in [5.41, 5.74) is 2.07. The molecule has 0 aliphatic rings. The van der Waals surface area contributed by atoms with Crippen molar-refractivity contribution in [3.63, 3.8) is 0 Å². The molecule has 1 amide bonds. The number of rotatable bonds is 6. The topological polar surface area (TPSA) is 136 Å². The van der Waals surface area contributed by atoms with E-state index in [0.717, 1.165) is 6.07 Å². The van der Waals surface area contributed by atoms with Crippen molar-refractivity contribution in [1.29, 1.82) is 5.26 Å². The van der Waals surface area contributed by atoms with Crippen LogP contribution in [0.4, 0.5) is 10.1 Å². The Morgan fingerprint density at radius 1 is 1.54 bits per heavy atom. The normalized spacial score (nSPS) is 12.3. The van der Waals surface area contributed by atoms with Gasteiger partial charge in [0.2, 0.25) is 5.91 Å². The molecule has 0 fully saturated rings. The van der Waals surface area contributed by atoms with Gasteiger partial charge in [-0.3, -0.25) is 15.5 Å². The second-order valence-corrected chi connectivity index (χ2v) is 6.19. The number of aliphatic imine (C=N–C) groups is 1. The minimum absolute atomic E-state index is 0.0866. The van der Waals surface area contributed by atoms with Crippen molar-refractivity contribution in [2.24, 2.45) is 4.99 Å². The molecule has 0 saturated carbocycles. The molecular weight excluding hydrogens is 363 g/mol. The summed E-state index contributed by atoms with van der Waals surface area (Å²) < 4.78 is 18.1. The lowest BCUT2D eigenvalue weighted by atomic mass is 10.2. The molecule has 1 aromatic heterocycles. The van der Waals surface area contributed by atoms with Gasteiger partial charge in [-0.05, 0) is 35.4 Å². The average Bonchev–Trinajstić information content (AvgIpc) is 3.07. The summed E-state index contributed by atoms with van der Waals surface area (Å²) in [6.45, 7) is 3.24. The molecule has 3 N–H and O–H groups in total. The van der Waals surface area contributed by atoms with Crippen LogP contribution in [0.5, 0.6) is 0 Å². The maximum Gasteiger partial charge on any atom is 0.217 e. The number of nitriles is 1. The molecule has 0 bridgehead atoms. The first-order chi connectivity index (χ1) is 12.4. The van der Waals surface area contributed by atoms with Crippen molar-refractivity contribution >= 4 is 29.2 Å². The zero-order valence-corrected chi connectivity index (χ0v) is 14.7. The Morgan fingerprint density at radius 3 is 2.96 bits per heavy atom. The highest BCUT2D eigenvalue weighted by Gasteiger charge is 2.18. The van der Waals surface area contributed by atoms with E-state index in [1.54, 1.807) is 6.07 Å². The van der Waals surface area contributed by atoms with Gasteiger partial charge in [-0.25, -0.2) is 14.0 Å². The highest BCUT2D eigenvalue weighted by Crippen LogP contribution is 2.22. The molecule has 9 nitrogen and oxygen atoms in total. The predicted molar refractivity (Wildman–Crippen MR) is 90.5 cm³/mol. The number of nitrogens with one attached hydrogen (secondary N) is 2. The summed E-state index contributed by atoms with van der Waals surface area (Å²) in [4.78, 5) is 15.1. The van der Waals surface area contributed by atoms with Crippen LogP contribution in [0.15, 0.2) is 32.8 Å². The maximum atomic E-state index is 13.4. The predicted octanol–water partition coefficient (Wildman–Crippen LogP) is 1.75. The number of carbonyl (C=O) groups excluding carboxylic acids is 1. The summed E-state index contributed by atoms with van der Waals surface area (Å²) in [6, 6.07) is 5.25. The zero-order valence-electron chi connectivity index (χ0n) is 13.9. The van der Waals surface area contributed by atoms with Crippen molar-refractivity contribution < 1.29 is 19.0 Å². The number of hydrogen-bond donors (Lipinski definition) is 3. The SMILES string of the molecule is CC(=O)N[C@@H](C)CSc1nonc1C(=Nc1ccc(F)c(C#N)c1)NO. The first kappa shape index (κ1) is 19.4. The Balaban J connectivity index is 2.22. The van der Waals surface area contributed by atoms with Crippen molar-refractivity contribution in [3.8, 4) is 6.07 Å². The number of benzene rings is 1. The van der Waals surface area contributed by atoms with Gasteiger partial charge in [0.1, 0.15) is 11.9 Å². The molecule has 0 radical (unpaired) electrons. The van der Waals surface area contributed by atoms with Gasteiger partial charge >= 0.3 is 0 Å². The summed E-state index contributed by atoms with van der Waals surface area (Å²) in [5.74, 6) is -0.428. The quantitative estimate of drug-likeness (QED) is 0.299. The van der Waals surface area contributed by atoms with Crippen LogP contribution in [0, 0.1) is 17.1 Å². The molecule has 2 aromatic rings.